The van der Waals surface area contributed by atoms with Gasteiger partial charge in [0.25, 0.3) is 0 Å². The number of hydroxylamine groups is 1. The fourth-order valence-corrected chi connectivity index (χ4v) is 1.63. The minimum absolute atomic E-state index is 0.191. The lowest BCUT2D eigenvalue weighted by atomic mass is 10.1. The minimum atomic E-state index is -0.491. The van der Waals surface area contributed by atoms with E-state index in [-0.39, 0.29) is 12.6 Å². The summed E-state index contributed by atoms with van der Waals surface area (Å²) in [6, 6.07) is 6.48. The summed E-state index contributed by atoms with van der Waals surface area (Å²) in [5.41, 5.74) is 4.67. The van der Waals surface area contributed by atoms with Crippen LogP contribution in [-0.2, 0) is 14.4 Å². The average molecular weight is 333 g/mol. The fourth-order valence-electron chi connectivity index (χ4n) is 1.63. The van der Waals surface area contributed by atoms with Gasteiger partial charge in [0.1, 0.15) is 6.54 Å². The van der Waals surface area contributed by atoms with Crippen molar-refractivity contribution in [3.63, 3.8) is 0 Å². The Morgan fingerprint density at radius 1 is 1.25 bits per heavy atom. The molecule has 0 spiro atoms. The van der Waals surface area contributed by atoms with Gasteiger partial charge in [0, 0.05) is 5.69 Å². The van der Waals surface area contributed by atoms with Crippen LogP contribution in [0.2, 0.25) is 0 Å². The van der Waals surface area contributed by atoms with Crippen LogP contribution in [0, 0.1) is 0 Å². The van der Waals surface area contributed by atoms with Gasteiger partial charge in [-0.05, 0) is 31.5 Å². The van der Waals surface area contributed by atoms with E-state index in [2.05, 4.69) is 29.3 Å². The third kappa shape index (κ3) is 7.46. The van der Waals surface area contributed by atoms with E-state index in [1.807, 2.05) is 0 Å². The molecule has 1 rings (SSSR count). The maximum Gasteiger partial charge on any atom is 0.325 e. The number of hydrogen-bond acceptors (Lipinski definition) is 5. The number of carbonyl (C=O) groups excluding carboxylic acids is 2. The Labute approximate surface area is 141 Å². The summed E-state index contributed by atoms with van der Waals surface area (Å²) in [4.78, 5) is 28.1. The molecule has 7 heteroatoms. The molecule has 130 valence electrons. The number of amides is 2. The first-order valence-corrected chi connectivity index (χ1v) is 7.44. The van der Waals surface area contributed by atoms with Crippen molar-refractivity contribution < 1.29 is 19.2 Å². The van der Waals surface area contributed by atoms with Gasteiger partial charge in [-0.3, -0.25) is 15.1 Å². The molecule has 0 aliphatic carbocycles. The molecule has 0 radical (unpaired) electrons. The first kappa shape index (κ1) is 19.2. The van der Waals surface area contributed by atoms with E-state index in [0.717, 1.165) is 5.56 Å². The number of carbonyl (C=O) groups is 2. The largest absolute Gasteiger partial charge is 0.462 e. The van der Waals surface area contributed by atoms with Crippen LogP contribution in [0.1, 0.15) is 19.4 Å². The Bertz CT molecular complexity index is 582. The SMILES string of the molecule is C=CCONC(=C)c1ccc(NC(=O)NCC(=O)OC(C)C)cc1. The Morgan fingerprint density at radius 3 is 2.50 bits per heavy atom. The molecule has 0 saturated carbocycles. The number of benzene rings is 1. The molecule has 0 unspecified atom stereocenters. The summed E-state index contributed by atoms with van der Waals surface area (Å²) in [5, 5.41) is 5.04. The lowest BCUT2D eigenvalue weighted by Gasteiger charge is -2.11. The number of ether oxygens (including phenoxy) is 1. The minimum Gasteiger partial charge on any atom is -0.462 e. The average Bonchev–Trinajstić information content (AvgIpc) is 2.53. The Morgan fingerprint density at radius 2 is 1.92 bits per heavy atom. The van der Waals surface area contributed by atoms with Crippen molar-refractivity contribution in [1.29, 1.82) is 0 Å². The van der Waals surface area contributed by atoms with Crippen molar-refractivity contribution in [3.05, 3.63) is 49.1 Å². The maximum absolute atomic E-state index is 11.7. The molecular formula is C17H23N3O4. The molecule has 0 bridgehead atoms. The van der Waals surface area contributed by atoms with Gasteiger partial charge in [0.05, 0.1) is 18.4 Å². The third-order valence-electron chi connectivity index (χ3n) is 2.65. The molecule has 0 aliphatic rings. The predicted molar refractivity (Wildman–Crippen MR) is 93.0 cm³/mol. The van der Waals surface area contributed by atoms with Crippen LogP contribution in [0.5, 0.6) is 0 Å². The van der Waals surface area contributed by atoms with Gasteiger partial charge in [0.2, 0.25) is 0 Å². The van der Waals surface area contributed by atoms with E-state index in [0.29, 0.717) is 18.0 Å². The third-order valence-corrected chi connectivity index (χ3v) is 2.65. The molecule has 0 saturated heterocycles. The Kier molecular flexibility index (Phi) is 8.07. The van der Waals surface area contributed by atoms with E-state index >= 15 is 0 Å². The maximum atomic E-state index is 11.7. The van der Waals surface area contributed by atoms with Crippen LogP contribution in [0.4, 0.5) is 10.5 Å². The summed E-state index contributed by atoms with van der Waals surface area (Å²) < 4.78 is 4.92. The molecule has 0 aromatic heterocycles. The molecule has 0 aliphatic heterocycles. The summed E-state index contributed by atoms with van der Waals surface area (Å²) >= 11 is 0. The zero-order chi connectivity index (χ0) is 17.9. The van der Waals surface area contributed by atoms with Crippen molar-refractivity contribution in [1.82, 2.24) is 10.8 Å². The van der Waals surface area contributed by atoms with Crippen molar-refractivity contribution in [2.24, 2.45) is 0 Å². The number of rotatable bonds is 9. The molecule has 24 heavy (non-hydrogen) atoms. The molecule has 0 fully saturated rings. The molecule has 0 heterocycles. The second-order valence-corrected chi connectivity index (χ2v) is 5.10. The molecule has 3 N–H and O–H groups in total. The molecule has 1 aromatic rings. The van der Waals surface area contributed by atoms with E-state index in [4.69, 9.17) is 9.57 Å². The van der Waals surface area contributed by atoms with Crippen molar-refractivity contribution in [2.75, 3.05) is 18.5 Å². The van der Waals surface area contributed by atoms with Crippen LogP contribution in [0.15, 0.2) is 43.5 Å². The fraction of sp³-hybridized carbons (Fsp3) is 0.294. The highest BCUT2D eigenvalue weighted by molar-refractivity contribution is 5.91. The van der Waals surface area contributed by atoms with E-state index in [1.165, 1.54) is 0 Å². The molecule has 0 atom stereocenters. The van der Waals surface area contributed by atoms with Gasteiger partial charge in [-0.2, -0.15) is 0 Å². The Balaban J connectivity index is 2.43. The van der Waals surface area contributed by atoms with Crippen LogP contribution < -0.4 is 16.1 Å². The second-order valence-electron chi connectivity index (χ2n) is 5.10. The normalized spacial score (nSPS) is 9.96. The number of urea groups is 1. The summed E-state index contributed by atoms with van der Waals surface area (Å²) in [6.45, 7) is 11.0. The summed E-state index contributed by atoms with van der Waals surface area (Å²) in [6.07, 6.45) is 1.40. The summed E-state index contributed by atoms with van der Waals surface area (Å²) in [7, 11) is 0. The standard InChI is InChI=1S/C17H23N3O4/c1-5-10-23-20-13(4)14-6-8-15(9-7-14)19-17(22)18-11-16(21)24-12(2)3/h5-9,12,20H,1,4,10-11H2,2-3H3,(H2,18,19,22). The van der Waals surface area contributed by atoms with Gasteiger partial charge < -0.3 is 15.4 Å². The number of anilines is 1. The summed E-state index contributed by atoms with van der Waals surface area (Å²) in [5.74, 6) is -0.489. The first-order valence-electron chi connectivity index (χ1n) is 7.44. The number of esters is 1. The zero-order valence-electron chi connectivity index (χ0n) is 13.9. The van der Waals surface area contributed by atoms with Crippen LogP contribution in [0.25, 0.3) is 5.70 Å². The molecule has 2 amide bonds. The van der Waals surface area contributed by atoms with E-state index in [9.17, 15) is 9.59 Å². The predicted octanol–water partition coefficient (Wildman–Crippen LogP) is 2.44. The highest BCUT2D eigenvalue weighted by atomic mass is 16.6. The molecular weight excluding hydrogens is 310 g/mol. The lowest BCUT2D eigenvalue weighted by Crippen LogP contribution is -2.34. The van der Waals surface area contributed by atoms with Gasteiger partial charge in [-0.1, -0.05) is 24.8 Å². The quantitative estimate of drug-likeness (QED) is 0.280. The van der Waals surface area contributed by atoms with Crippen LogP contribution in [0.3, 0.4) is 0 Å². The van der Waals surface area contributed by atoms with Crippen LogP contribution in [-0.4, -0.2) is 31.3 Å². The highest BCUT2D eigenvalue weighted by Crippen LogP contribution is 2.14. The Hall–Kier alpha value is -2.80. The lowest BCUT2D eigenvalue weighted by molar-refractivity contribution is -0.146. The number of hydrogen-bond donors (Lipinski definition) is 3. The van der Waals surface area contributed by atoms with Gasteiger partial charge in [0.15, 0.2) is 0 Å². The smallest absolute Gasteiger partial charge is 0.325 e. The first-order chi connectivity index (χ1) is 11.4. The molecule has 7 nitrogen and oxygen atoms in total. The van der Waals surface area contributed by atoms with Crippen molar-refractivity contribution in [2.45, 2.75) is 20.0 Å². The van der Waals surface area contributed by atoms with Crippen molar-refractivity contribution in [3.8, 4) is 0 Å². The van der Waals surface area contributed by atoms with Gasteiger partial charge >= 0.3 is 12.0 Å². The topological polar surface area (TPSA) is 88.7 Å². The molecule has 1 aromatic carbocycles. The van der Waals surface area contributed by atoms with Crippen LogP contribution >= 0.6 is 0 Å². The number of nitrogens with one attached hydrogen (secondary N) is 3. The second kappa shape index (κ2) is 10.1. The van der Waals surface area contributed by atoms with E-state index < -0.39 is 12.0 Å². The zero-order valence-corrected chi connectivity index (χ0v) is 13.9. The van der Waals surface area contributed by atoms with Gasteiger partial charge in [-0.15, -0.1) is 6.58 Å². The highest BCUT2D eigenvalue weighted by Gasteiger charge is 2.08. The van der Waals surface area contributed by atoms with E-state index in [1.54, 1.807) is 44.2 Å². The monoisotopic (exact) mass is 333 g/mol. The van der Waals surface area contributed by atoms with Crippen molar-refractivity contribution >= 4 is 23.4 Å². The van der Waals surface area contributed by atoms with Gasteiger partial charge in [-0.25, -0.2) is 4.79 Å².